The molecule has 2 aromatic rings. The second-order valence-electron chi connectivity index (χ2n) is 5.76. The fraction of sp³-hybridized carbons (Fsp3) is 0.615. The summed E-state index contributed by atoms with van der Waals surface area (Å²) >= 11 is 0. The molecule has 0 bridgehead atoms. The van der Waals surface area contributed by atoms with Gasteiger partial charge in [0, 0.05) is 19.2 Å². The molecule has 0 saturated heterocycles. The molecule has 0 amide bonds. The number of nitrogens with zero attached hydrogens (tertiary/aromatic N) is 3. The minimum Gasteiger partial charge on any atom is -0.396 e. The molecule has 2 aromatic heterocycles. The zero-order valence-corrected chi connectivity index (χ0v) is 12.1. The lowest BCUT2D eigenvalue weighted by Gasteiger charge is -2.25. The molecule has 7 nitrogen and oxygen atoms in total. The lowest BCUT2D eigenvalue weighted by Crippen LogP contribution is -2.24. The largest absolute Gasteiger partial charge is 0.396 e. The van der Waals surface area contributed by atoms with Gasteiger partial charge in [-0.15, -0.1) is 0 Å². The predicted octanol–water partition coefficient (Wildman–Crippen LogP) is 0.937. The minimum atomic E-state index is -0.278. The van der Waals surface area contributed by atoms with Gasteiger partial charge >= 0.3 is 5.69 Å². The molecule has 7 heteroatoms. The summed E-state index contributed by atoms with van der Waals surface area (Å²) in [5.74, 6) is 1.29. The van der Waals surface area contributed by atoms with Crippen LogP contribution in [-0.4, -0.2) is 37.8 Å². The van der Waals surface area contributed by atoms with Crippen LogP contribution in [0.3, 0.4) is 0 Å². The van der Waals surface area contributed by atoms with Crippen LogP contribution in [0.5, 0.6) is 0 Å². The normalized spacial score (nSPS) is 12.0. The number of anilines is 1. The molecule has 110 valence electrons. The van der Waals surface area contributed by atoms with Crippen molar-refractivity contribution in [3.63, 3.8) is 0 Å². The highest BCUT2D eigenvalue weighted by molar-refractivity contribution is 5.49. The van der Waals surface area contributed by atoms with Gasteiger partial charge in [-0.25, -0.2) is 19.3 Å². The summed E-state index contributed by atoms with van der Waals surface area (Å²) in [4.78, 5) is 15.9. The highest BCUT2D eigenvalue weighted by Crippen LogP contribution is 2.22. The van der Waals surface area contributed by atoms with Crippen molar-refractivity contribution in [2.24, 2.45) is 5.41 Å². The number of aromatic amines is 1. The maximum absolute atomic E-state index is 11.5. The maximum atomic E-state index is 11.5. The van der Waals surface area contributed by atoms with Crippen LogP contribution in [0.4, 0.5) is 5.82 Å². The van der Waals surface area contributed by atoms with Crippen molar-refractivity contribution in [3.05, 3.63) is 22.4 Å². The smallest absolute Gasteiger partial charge is 0.349 e. The van der Waals surface area contributed by atoms with Gasteiger partial charge in [-0.2, -0.15) is 5.10 Å². The quantitative estimate of drug-likeness (QED) is 0.731. The van der Waals surface area contributed by atoms with Crippen LogP contribution < -0.4 is 11.0 Å². The van der Waals surface area contributed by atoms with Crippen molar-refractivity contribution in [1.29, 1.82) is 0 Å². The first-order valence-electron chi connectivity index (χ1n) is 6.72. The van der Waals surface area contributed by atoms with E-state index in [1.54, 1.807) is 13.0 Å². The fourth-order valence-electron chi connectivity index (χ4n) is 2.16. The SMILES string of the molecule is Cc1nc(NCC(C)(C)CCCO)cc2n[nH]c(=O)n12. The Kier molecular flexibility index (Phi) is 4.08. The van der Waals surface area contributed by atoms with Gasteiger partial charge in [-0.3, -0.25) is 0 Å². The Balaban J connectivity index is 2.12. The molecule has 0 aromatic carbocycles. The summed E-state index contributed by atoms with van der Waals surface area (Å²) in [5.41, 5.74) is 0.341. The van der Waals surface area contributed by atoms with Gasteiger partial charge in [0.05, 0.1) is 0 Å². The summed E-state index contributed by atoms with van der Waals surface area (Å²) < 4.78 is 1.43. The van der Waals surface area contributed by atoms with Gasteiger partial charge in [-0.05, 0) is 25.2 Å². The minimum absolute atomic E-state index is 0.0652. The van der Waals surface area contributed by atoms with E-state index in [4.69, 9.17) is 5.11 Å². The van der Waals surface area contributed by atoms with Crippen LogP contribution in [0.25, 0.3) is 5.65 Å². The van der Waals surface area contributed by atoms with E-state index in [9.17, 15) is 4.79 Å². The van der Waals surface area contributed by atoms with Crippen LogP contribution in [0.15, 0.2) is 10.9 Å². The number of hydrogen-bond acceptors (Lipinski definition) is 5. The van der Waals surface area contributed by atoms with Crippen LogP contribution in [0.1, 0.15) is 32.5 Å². The van der Waals surface area contributed by atoms with Crippen LogP contribution in [-0.2, 0) is 0 Å². The molecule has 0 aliphatic heterocycles. The molecule has 0 radical (unpaired) electrons. The molecule has 0 saturated carbocycles. The Hall–Kier alpha value is -1.89. The summed E-state index contributed by atoms with van der Waals surface area (Å²) in [6.45, 7) is 7.00. The molecule has 20 heavy (non-hydrogen) atoms. The van der Waals surface area contributed by atoms with Crippen molar-refractivity contribution in [3.8, 4) is 0 Å². The first kappa shape index (κ1) is 14.5. The summed E-state index contributed by atoms with van der Waals surface area (Å²) in [6.07, 6.45) is 1.72. The molecule has 3 N–H and O–H groups in total. The third-order valence-corrected chi connectivity index (χ3v) is 3.33. The summed E-state index contributed by atoms with van der Waals surface area (Å²) in [7, 11) is 0. The standard InChI is InChI=1S/C13H21N5O2/c1-9-15-10(7-11-16-17-12(20)18(9)11)14-8-13(2,3)5-4-6-19/h7,14,19H,4-6,8H2,1-3H3,(H,17,20). The zero-order valence-electron chi connectivity index (χ0n) is 12.1. The number of aliphatic hydroxyl groups is 1. The molecule has 0 spiro atoms. The zero-order chi connectivity index (χ0) is 14.8. The van der Waals surface area contributed by atoms with Gasteiger partial charge in [0.1, 0.15) is 11.6 Å². The predicted molar refractivity (Wildman–Crippen MR) is 76.9 cm³/mol. The third-order valence-electron chi connectivity index (χ3n) is 3.33. The Morgan fingerprint density at radius 1 is 1.50 bits per heavy atom. The molecular formula is C13H21N5O2. The Morgan fingerprint density at radius 2 is 2.25 bits per heavy atom. The van der Waals surface area contributed by atoms with Gasteiger partial charge in [-0.1, -0.05) is 13.8 Å². The molecule has 0 unspecified atom stereocenters. The lowest BCUT2D eigenvalue weighted by molar-refractivity contribution is 0.248. The first-order chi connectivity index (χ1) is 9.43. The molecule has 0 fully saturated rings. The van der Waals surface area contributed by atoms with E-state index in [1.807, 2.05) is 0 Å². The average Bonchev–Trinajstić information content (AvgIpc) is 2.76. The van der Waals surface area contributed by atoms with E-state index in [0.29, 0.717) is 17.3 Å². The second kappa shape index (κ2) is 5.62. The number of aromatic nitrogens is 4. The van der Waals surface area contributed by atoms with Crippen molar-refractivity contribution in [2.75, 3.05) is 18.5 Å². The molecule has 0 aliphatic rings. The van der Waals surface area contributed by atoms with E-state index < -0.39 is 0 Å². The maximum Gasteiger partial charge on any atom is 0.349 e. The Morgan fingerprint density at radius 3 is 2.95 bits per heavy atom. The fourth-order valence-corrected chi connectivity index (χ4v) is 2.16. The van der Waals surface area contributed by atoms with E-state index in [-0.39, 0.29) is 17.7 Å². The highest BCUT2D eigenvalue weighted by Gasteiger charge is 2.17. The molecule has 2 heterocycles. The molecule has 0 atom stereocenters. The second-order valence-corrected chi connectivity index (χ2v) is 5.76. The highest BCUT2D eigenvalue weighted by atomic mass is 16.2. The number of fused-ring (bicyclic) bond motifs is 1. The van der Waals surface area contributed by atoms with Gasteiger partial charge in [0.15, 0.2) is 5.65 Å². The number of H-pyrrole nitrogens is 1. The average molecular weight is 279 g/mol. The number of rotatable bonds is 6. The van der Waals surface area contributed by atoms with Crippen molar-refractivity contribution in [1.82, 2.24) is 19.6 Å². The van der Waals surface area contributed by atoms with E-state index >= 15 is 0 Å². The summed E-state index contributed by atoms with van der Waals surface area (Å²) in [6, 6.07) is 1.74. The third kappa shape index (κ3) is 3.16. The number of hydrogen-bond donors (Lipinski definition) is 3. The van der Waals surface area contributed by atoms with Crippen molar-refractivity contribution < 1.29 is 5.11 Å². The number of nitrogens with one attached hydrogen (secondary N) is 2. The van der Waals surface area contributed by atoms with E-state index in [2.05, 4.69) is 34.3 Å². The molecule has 2 rings (SSSR count). The Labute approximate surface area is 117 Å². The van der Waals surface area contributed by atoms with Crippen molar-refractivity contribution in [2.45, 2.75) is 33.6 Å². The number of aliphatic hydroxyl groups excluding tert-OH is 1. The Bertz CT molecular complexity index is 644. The molecule has 0 aliphatic carbocycles. The number of aryl methyl sites for hydroxylation is 1. The van der Waals surface area contributed by atoms with Crippen LogP contribution >= 0.6 is 0 Å². The molecular weight excluding hydrogens is 258 g/mol. The summed E-state index contributed by atoms with van der Waals surface area (Å²) in [5, 5.41) is 18.5. The van der Waals surface area contributed by atoms with Crippen molar-refractivity contribution >= 4 is 11.5 Å². The monoisotopic (exact) mass is 279 g/mol. The van der Waals surface area contributed by atoms with Gasteiger partial charge < -0.3 is 10.4 Å². The van der Waals surface area contributed by atoms with E-state index in [1.165, 1.54) is 4.40 Å². The topological polar surface area (TPSA) is 95.3 Å². The van der Waals surface area contributed by atoms with Gasteiger partial charge in [0.25, 0.3) is 0 Å². The lowest BCUT2D eigenvalue weighted by atomic mass is 9.88. The van der Waals surface area contributed by atoms with E-state index in [0.717, 1.165) is 19.4 Å². The van der Waals surface area contributed by atoms with Gasteiger partial charge in [0.2, 0.25) is 0 Å². The van der Waals surface area contributed by atoms with Crippen LogP contribution in [0.2, 0.25) is 0 Å². The van der Waals surface area contributed by atoms with Crippen LogP contribution in [0, 0.1) is 12.3 Å². The first-order valence-corrected chi connectivity index (χ1v) is 6.72.